The maximum atomic E-state index is 12.7. The third-order valence-electron chi connectivity index (χ3n) is 4.62. The first kappa shape index (κ1) is 17.9. The van der Waals surface area contributed by atoms with Crippen LogP contribution in [-0.4, -0.2) is 32.6 Å². The average molecular weight is 371 g/mol. The first-order chi connectivity index (χ1) is 13.8. The van der Waals surface area contributed by atoms with Crippen molar-refractivity contribution < 1.29 is 4.79 Å². The molecule has 1 aliphatic rings. The summed E-state index contributed by atoms with van der Waals surface area (Å²) in [6.07, 6.45) is 14.2. The Hall–Kier alpha value is -3.54. The van der Waals surface area contributed by atoms with Crippen LogP contribution in [0.5, 0.6) is 0 Å². The van der Waals surface area contributed by atoms with Gasteiger partial charge in [-0.1, -0.05) is 24.3 Å². The van der Waals surface area contributed by atoms with Gasteiger partial charge in [0, 0.05) is 42.8 Å². The van der Waals surface area contributed by atoms with Gasteiger partial charge in [-0.05, 0) is 42.7 Å². The quantitative estimate of drug-likeness (QED) is 0.694. The predicted molar refractivity (Wildman–Crippen MR) is 108 cm³/mol. The molecule has 0 fully saturated rings. The maximum absolute atomic E-state index is 12.7. The van der Waals surface area contributed by atoms with E-state index >= 15 is 0 Å². The fourth-order valence-electron chi connectivity index (χ4n) is 3.16. The highest BCUT2D eigenvalue weighted by molar-refractivity contribution is 6.00. The minimum atomic E-state index is -0.166. The van der Waals surface area contributed by atoms with E-state index in [0.717, 1.165) is 41.1 Å². The van der Waals surface area contributed by atoms with Gasteiger partial charge in [0.25, 0.3) is 5.91 Å². The predicted octanol–water partition coefficient (Wildman–Crippen LogP) is 3.57. The number of rotatable bonds is 6. The number of H-pyrrole nitrogens is 1. The monoisotopic (exact) mass is 371 g/mol. The molecule has 6 nitrogen and oxygen atoms in total. The Morgan fingerprint density at radius 2 is 2.14 bits per heavy atom. The molecule has 6 heteroatoms. The van der Waals surface area contributed by atoms with Crippen molar-refractivity contribution in [2.75, 3.05) is 6.54 Å². The maximum Gasteiger partial charge on any atom is 0.253 e. The summed E-state index contributed by atoms with van der Waals surface area (Å²) < 4.78 is 0. The van der Waals surface area contributed by atoms with Gasteiger partial charge < -0.3 is 5.32 Å². The van der Waals surface area contributed by atoms with Crippen LogP contribution >= 0.6 is 0 Å². The number of aromatic nitrogens is 4. The number of nitrogens with zero attached hydrogens (tertiary/aromatic N) is 3. The number of hydrogen-bond donors (Lipinski definition) is 2. The van der Waals surface area contributed by atoms with Crippen molar-refractivity contribution >= 4 is 11.5 Å². The number of carbonyl (C=O) groups is 1. The Labute approximate surface area is 163 Å². The Morgan fingerprint density at radius 1 is 1.18 bits per heavy atom. The second kappa shape index (κ2) is 8.43. The fraction of sp³-hybridized carbons (Fsp3) is 0.182. The molecule has 0 saturated heterocycles. The van der Waals surface area contributed by atoms with Gasteiger partial charge in [0.2, 0.25) is 0 Å². The first-order valence-electron chi connectivity index (χ1n) is 9.36. The zero-order chi connectivity index (χ0) is 19.2. The van der Waals surface area contributed by atoms with Crippen LogP contribution in [0.3, 0.4) is 0 Å². The van der Waals surface area contributed by atoms with E-state index in [-0.39, 0.29) is 5.91 Å². The number of pyridine rings is 2. The van der Waals surface area contributed by atoms with Gasteiger partial charge in [0.05, 0.1) is 17.0 Å². The molecular weight excluding hydrogens is 350 g/mol. The van der Waals surface area contributed by atoms with Gasteiger partial charge in [-0.2, -0.15) is 5.10 Å². The van der Waals surface area contributed by atoms with Gasteiger partial charge in [-0.15, -0.1) is 0 Å². The van der Waals surface area contributed by atoms with Gasteiger partial charge in [0.15, 0.2) is 0 Å². The molecule has 3 heterocycles. The zero-order valence-electron chi connectivity index (χ0n) is 15.4. The van der Waals surface area contributed by atoms with Crippen LogP contribution in [-0.2, 0) is 6.42 Å². The van der Waals surface area contributed by atoms with Crippen LogP contribution in [0, 0.1) is 0 Å². The van der Waals surface area contributed by atoms with Crippen LogP contribution < -0.4 is 5.32 Å². The van der Waals surface area contributed by atoms with Crippen LogP contribution in [0.2, 0.25) is 0 Å². The molecule has 140 valence electrons. The van der Waals surface area contributed by atoms with Gasteiger partial charge >= 0.3 is 0 Å². The van der Waals surface area contributed by atoms with E-state index in [1.54, 1.807) is 18.6 Å². The third-order valence-corrected chi connectivity index (χ3v) is 4.62. The second-order valence-electron chi connectivity index (χ2n) is 6.55. The van der Waals surface area contributed by atoms with E-state index in [9.17, 15) is 4.79 Å². The molecule has 0 radical (unpaired) electrons. The molecule has 0 aliphatic heterocycles. The second-order valence-corrected chi connectivity index (χ2v) is 6.55. The van der Waals surface area contributed by atoms with Crippen molar-refractivity contribution in [1.29, 1.82) is 0 Å². The highest BCUT2D eigenvalue weighted by Gasteiger charge is 2.16. The molecule has 3 aromatic rings. The van der Waals surface area contributed by atoms with Crippen molar-refractivity contribution in [2.45, 2.75) is 19.3 Å². The zero-order valence-corrected chi connectivity index (χ0v) is 15.4. The lowest BCUT2D eigenvalue weighted by Gasteiger charge is -2.08. The van der Waals surface area contributed by atoms with Gasteiger partial charge in [-0.25, -0.2) is 0 Å². The third kappa shape index (κ3) is 4.06. The molecule has 0 unspecified atom stereocenters. The summed E-state index contributed by atoms with van der Waals surface area (Å²) in [7, 11) is 0. The van der Waals surface area contributed by atoms with Crippen LogP contribution in [0.15, 0.2) is 67.2 Å². The molecule has 0 saturated carbocycles. The van der Waals surface area contributed by atoms with Gasteiger partial charge in [-0.3, -0.25) is 19.9 Å². The average Bonchev–Trinajstić information content (AvgIpc) is 3.25. The molecular formula is C22H21N5O. The van der Waals surface area contributed by atoms with Crippen molar-refractivity contribution in [3.8, 4) is 11.3 Å². The summed E-state index contributed by atoms with van der Waals surface area (Å²) in [6, 6.07) is 9.55. The normalized spacial score (nSPS) is 13.2. The van der Waals surface area contributed by atoms with E-state index in [4.69, 9.17) is 0 Å². The Bertz CT molecular complexity index is 1020. The lowest BCUT2D eigenvalue weighted by Crippen LogP contribution is -2.26. The number of hydrogen-bond acceptors (Lipinski definition) is 4. The largest absolute Gasteiger partial charge is 0.352 e. The minimum absolute atomic E-state index is 0.166. The van der Waals surface area contributed by atoms with Crippen LogP contribution in [0.4, 0.5) is 0 Å². The Balaban J connectivity index is 1.49. The molecule has 3 aromatic heterocycles. The number of nitrogens with one attached hydrogen (secondary N) is 2. The SMILES string of the molecule is O=C(NCCc1ccccn1)c1cnccc1-c1cc(C2=CCCC=C2)[nH]n1. The molecule has 28 heavy (non-hydrogen) atoms. The minimum Gasteiger partial charge on any atom is -0.352 e. The highest BCUT2D eigenvalue weighted by Crippen LogP contribution is 2.26. The molecule has 4 rings (SSSR count). The molecule has 2 N–H and O–H groups in total. The fourth-order valence-corrected chi connectivity index (χ4v) is 3.16. The number of carbonyl (C=O) groups excluding carboxylic acids is 1. The van der Waals surface area contributed by atoms with Crippen molar-refractivity contribution in [3.05, 3.63) is 84.1 Å². The Morgan fingerprint density at radius 3 is 2.96 bits per heavy atom. The molecule has 0 aromatic carbocycles. The summed E-state index contributed by atoms with van der Waals surface area (Å²) in [4.78, 5) is 21.1. The highest BCUT2D eigenvalue weighted by atomic mass is 16.1. The first-order valence-corrected chi connectivity index (χ1v) is 9.36. The van der Waals surface area contributed by atoms with Crippen LogP contribution in [0.1, 0.15) is 34.6 Å². The molecule has 0 bridgehead atoms. The number of amides is 1. The molecule has 1 aliphatic carbocycles. The number of aromatic amines is 1. The molecule has 0 atom stereocenters. The Kier molecular flexibility index (Phi) is 5.38. The lowest BCUT2D eigenvalue weighted by molar-refractivity contribution is 0.0954. The smallest absolute Gasteiger partial charge is 0.253 e. The van der Waals surface area contributed by atoms with Gasteiger partial charge in [0.1, 0.15) is 0 Å². The lowest BCUT2D eigenvalue weighted by atomic mass is 10.0. The summed E-state index contributed by atoms with van der Waals surface area (Å²) in [5, 5.41) is 10.4. The topological polar surface area (TPSA) is 83.6 Å². The summed E-state index contributed by atoms with van der Waals surface area (Å²) in [5.74, 6) is -0.166. The summed E-state index contributed by atoms with van der Waals surface area (Å²) in [6.45, 7) is 0.508. The van der Waals surface area contributed by atoms with E-state index in [1.165, 1.54) is 0 Å². The summed E-state index contributed by atoms with van der Waals surface area (Å²) >= 11 is 0. The van der Waals surface area contributed by atoms with E-state index in [2.05, 4.69) is 43.7 Å². The molecule has 0 spiro atoms. The van der Waals surface area contributed by atoms with Crippen molar-refractivity contribution in [3.63, 3.8) is 0 Å². The number of allylic oxidation sites excluding steroid dienone is 4. The van der Waals surface area contributed by atoms with Crippen LogP contribution in [0.25, 0.3) is 16.8 Å². The van der Waals surface area contributed by atoms with Crippen molar-refractivity contribution in [1.82, 2.24) is 25.5 Å². The summed E-state index contributed by atoms with van der Waals surface area (Å²) in [5.41, 5.74) is 5.01. The molecule has 1 amide bonds. The van der Waals surface area contributed by atoms with E-state index in [1.807, 2.05) is 30.3 Å². The van der Waals surface area contributed by atoms with Crippen molar-refractivity contribution in [2.24, 2.45) is 0 Å². The standard InChI is InChI=1S/C22H21N5O/c28-22(25-13-9-17-8-4-5-11-24-17)19-15-23-12-10-18(19)21-14-20(26-27-21)16-6-2-1-3-7-16/h2,4-8,10-12,14-15H,1,3,9,13H2,(H,25,28)(H,26,27). The van der Waals surface area contributed by atoms with E-state index in [0.29, 0.717) is 18.5 Å². The van der Waals surface area contributed by atoms with E-state index < -0.39 is 0 Å².